The standard InChI is InChI=1S/C19H21FN2O/c20-18-7-3-2-6-16(18)14-21-19(23)15-8-10-17(11-9-15)22-12-4-1-5-13-22/h2-3,6-11H,1,4-5,12-14H2,(H,21,23). The minimum Gasteiger partial charge on any atom is -0.372 e. The third-order valence-corrected chi connectivity index (χ3v) is 4.25. The lowest BCUT2D eigenvalue weighted by Crippen LogP contribution is -2.29. The number of nitrogens with zero attached hydrogens (tertiary/aromatic N) is 1. The molecule has 0 bridgehead atoms. The van der Waals surface area contributed by atoms with Crippen molar-refractivity contribution in [3.8, 4) is 0 Å². The molecule has 3 nitrogen and oxygen atoms in total. The van der Waals surface area contributed by atoms with Gasteiger partial charge in [0.25, 0.3) is 5.91 Å². The minimum atomic E-state index is -0.298. The van der Waals surface area contributed by atoms with Gasteiger partial charge < -0.3 is 10.2 Å². The first-order valence-electron chi connectivity index (χ1n) is 8.10. The molecule has 23 heavy (non-hydrogen) atoms. The highest BCUT2D eigenvalue weighted by atomic mass is 19.1. The minimum absolute atomic E-state index is 0.182. The van der Waals surface area contributed by atoms with Gasteiger partial charge in [0.1, 0.15) is 5.82 Å². The van der Waals surface area contributed by atoms with Crippen molar-refractivity contribution in [2.45, 2.75) is 25.8 Å². The zero-order valence-corrected chi connectivity index (χ0v) is 13.1. The van der Waals surface area contributed by atoms with Gasteiger partial charge in [0.15, 0.2) is 0 Å². The Balaban J connectivity index is 1.60. The van der Waals surface area contributed by atoms with Gasteiger partial charge in [-0.05, 0) is 49.6 Å². The number of halogens is 1. The summed E-state index contributed by atoms with van der Waals surface area (Å²) in [7, 11) is 0. The molecule has 0 radical (unpaired) electrons. The smallest absolute Gasteiger partial charge is 0.251 e. The van der Waals surface area contributed by atoms with E-state index in [1.807, 2.05) is 24.3 Å². The molecule has 1 heterocycles. The lowest BCUT2D eigenvalue weighted by molar-refractivity contribution is 0.0950. The predicted octanol–water partition coefficient (Wildman–Crippen LogP) is 3.75. The van der Waals surface area contributed by atoms with E-state index < -0.39 is 0 Å². The van der Waals surface area contributed by atoms with Crippen molar-refractivity contribution >= 4 is 11.6 Å². The van der Waals surface area contributed by atoms with Crippen molar-refractivity contribution < 1.29 is 9.18 Å². The first kappa shape index (κ1) is 15.5. The molecule has 0 atom stereocenters. The summed E-state index contributed by atoms with van der Waals surface area (Å²) in [6.07, 6.45) is 3.75. The fourth-order valence-corrected chi connectivity index (χ4v) is 2.90. The fourth-order valence-electron chi connectivity index (χ4n) is 2.90. The fraction of sp³-hybridized carbons (Fsp3) is 0.316. The first-order chi connectivity index (χ1) is 11.2. The average Bonchev–Trinajstić information content (AvgIpc) is 2.62. The number of benzene rings is 2. The molecule has 0 unspecified atom stereocenters. The molecule has 1 aliphatic heterocycles. The number of nitrogens with one attached hydrogen (secondary N) is 1. The molecule has 1 amide bonds. The third-order valence-electron chi connectivity index (χ3n) is 4.25. The Labute approximate surface area is 136 Å². The normalized spacial score (nSPS) is 14.6. The zero-order valence-electron chi connectivity index (χ0n) is 13.1. The molecule has 0 aromatic heterocycles. The van der Waals surface area contributed by atoms with Gasteiger partial charge in [-0.3, -0.25) is 4.79 Å². The monoisotopic (exact) mass is 312 g/mol. The summed E-state index contributed by atoms with van der Waals surface area (Å²) in [6.45, 7) is 2.36. The molecule has 1 saturated heterocycles. The van der Waals surface area contributed by atoms with Gasteiger partial charge in [0, 0.05) is 36.4 Å². The second-order valence-corrected chi connectivity index (χ2v) is 5.87. The van der Waals surface area contributed by atoms with E-state index >= 15 is 0 Å². The molecule has 120 valence electrons. The van der Waals surface area contributed by atoms with Crippen LogP contribution in [-0.2, 0) is 6.54 Å². The highest BCUT2D eigenvalue weighted by Gasteiger charge is 2.12. The van der Waals surface area contributed by atoms with Crippen molar-refractivity contribution in [2.24, 2.45) is 0 Å². The Bertz CT molecular complexity index is 663. The number of carbonyl (C=O) groups is 1. The van der Waals surface area contributed by atoms with Gasteiger partial charge in [-0.25, -0.2) is 4.39 Å². The number of hydrogen-bond donors (Lipinski definition) is 1. The van der Waals surface area contributed by atoms with E-state index in [0.29, 0.717) is 11.1 Å². The topological polar surface area (TPSA) is 32.3 Å². The summed E-state index contributed by atoms with van der Waals surface area (Å²) < 4.78 is 13.5. The van der Waals surface area contributed by atoms with Crippen molar-refractivity contribution in [3.05, 3.63) is 65.5 Å². The van der Waals surface area contributed by atoms with Crippen LogP contribution in [0.1, 0.15) is 35.2 Å². The summed E-state index contributed by atoms with van der Waals surface area (Å²) in [6, 6.07) is 14.1. The van der Waals surface area contributed by atoms with Crippen LogP contribution >= 0.6 is 0 Å². The molecule has 2 aromatic rings. The van der Waals surface area contributed by atoms with E-state index in [-0.39, 0.29) is 18.3 Å². The summed E-state index contributed by atoms with van der Waals surface area (Å²) in [5.74, 6) is -0.480. The Morgan fingerprint density at radius 1 is 1.00 bits per heavy atom. The van der Waals surface area contributed by atoms with Crippen LogP contribution in [0.25, 0.3) is 0 Å². The van der Waals surface area contributed by atoms with E-state index in [2.05, 4.69) is 10.2 Å². The SMILES string of the molecule is O=C(NCc1ccccc1F)c1ccc(N2CCCCC2)cc1. The number of anilines is 1. The van der Waals surface area contributed by atoms with Crippen LogP contribution in [0.3, 0.4) is 0 Å². The van der Waals surface area contributed by atoms with Crippen molar-refractivity contribution in [1.29, 1.82) is 0 Å². The molecule has 1 N–H and O–H groups in total. The largest absolute Gasteiger partial charge is 0.372 e. The summed E-state index contributed by atoms with van der Waals surface area (Å²) in [5.41, 5.74) is 2.25. The number of rotatable bonds is 4. The first-order valence-corrected chi connectivity index (χ1v) is 8.10. The summed E-state index contributed by atoms with van der Waals surface area (Å²) in [5, 5.41) is 2.76. The summed E-state index contributed by atoms with van der Waals surface area (Å²) in [4.78, 5) is 14.5. The van der Waals surface area contributed by atoms with Crippen LogP contribution in [0.5, 0.6) is 0 Å². The Hall–Kier alpha value is -2.36. The maximum atomic E-state index is 13.5. The van der Waals surface area contributed by atoms with Crippen LogP contribution in [0.2, 0.25) is 0 Å². The Morgan fingerprint density at radius 3 is 2.39 bits per heavy atom. The van der Waals surface area contributed by atoms with Gasteiger partial charge in [0.2, 0.25) is 0 Å². The third kappa shape index (κ3) is 3.89. The molecule has 0 saturated carbocycles. The maximum absolute atomic E-state index is 13.5. The van der Waals surface area contributed by atoms with Crippen molar-refractivity contribution in [1.82, 2.24) is 5.32 Å². The van der Waals surface area contributed by atoms with E-state index in [4.69, 9.17) is 0 Å². The van der Waals surface area contributed by atoms with Crippen LogP contribution in [0, 0.1) is 5.82 Å². The highest BCUT2D eigenvalue weighted by molar-refractivity contribution is 5.94. The summed E-state index contributed by atoms with van der Waals surface area (Å²) >= 11 is 0. The molecular weight excluding hydrogens is 291 g/mol. The van der Waals surface area contributed by atoms with Gasteiger partial charge in [-0.15, -0.1) is 0 Å². The van der Waals surface area contributed by atoms with E-state index in [1.54, 1.807) is 18.2 Å². The van der Waals surface area contributed by atoms with Crippen LogP contribution in [0.4, 0.5) is 10.1 Å². The Kier molecular flexibility index (Phi) is 4.91. The maximum Gasteiger partial charge on any atom is 0.251 e. The molecule has 1 aliphatic rings. The second-order valence-electron chi connectivity index (χ2n) is 5.87. The molecule has 2 aromatic carbocycles. The van der Waals surface area contributed by atoms with Crippen LogP contribution in [-0.4, -0.2) is 19.0 Å². The predicted molar refractivity (Wildman–Crippen MR) is 90.1 cm³/mol. The van der Waals surface area contributed by atoms with E-state index in [1.165, 1.54) is 25.3 Å². The molecule has 0 aliphatic carbocycles. The lowest BCUT2D eigenvalue weighted by Gasteiger charge is -2.28. The number of amides is 1. The van der Waals surface area contributed by atoms with Gasteiger partial charge >= 0.3 is 0 Å². The van der Waals surface area contributed by atoms with Gasteiger partial charge in [-0.2, -0.15) is 0 Å². The van der Waals surface area contributed by atoms with Gasteiger partial charge in [-0.1, -0.05) is 18.2 Å². The van der Waals surface area contributed by atoms with E-state index in [9.17, 15) is 9.18 Å². The number of piperidine rings is 1. The second kappa shape index (κ2) is 7.27. The molecular formula is C19H21FN2O. The van der Waals surface area contributed by atoms with E-state index in [0.717, 1.165) is 18.8 Å². The molecule has 3 rings (SSSR count). The van der Waals surface area contributed by atoms with Crippen molar-refractivity contribution in [3.63, 3.8) is 0 Å². The lowest BCUT2D eigenvalue weighted by atomic mass is 10.1. The molecule has 4 heteroatoms. The highest BCUT2D eigenvalue weighted by Crippen LogP contribution is 2.20. The molecule has 0 spiro atoms. The number of carbonyl (C=O) groups excluding carboxylic acids is 1. The molecule has 1 fully saturated rings. The van der Waals surface area contributed by atoms with Crippen LogP contribution in [0.15, 0.2) is 48.5 Å². The zero-order chi connectivity index (χ0) is 16.1. The van der Waals surface area contributed by atoms with Crippen LogP contribution < -0.4 is 10.2 Å². The quantitative estimate of drug-likeness (QED) is 0.932. The number of hydrogen-bond acceptors (Lipinski definition) is 2. The average molecular weight is 312 g/mol. The Morgan fingerprint density at radius 2 is 1.70 bits per heavy atom. The van der Waals surface area contributed by atoms with Gasteiger partial charge in [0.05, 0.1) is 0 Å². The van der Waals surface area contributed by atoms with Crippen molar-refractivity contribution in [2.75, 3.05) is 18.0 Å².